The van der Waals surface area contributed by atoms with E-state index in [1.165, 1.54) is 24.5 Å². The zero-order valence-corrected chi connectivity index (χ0v) is 20.0. The van der Waals surface area contributed by atoms with Crippen molar-refractivity contribution in [1.82, 2.24) is 4.90 Å². The molecule has 1 saturated heterocycles. The Morgan fingerprint density at radius 1 is 1.24 bits per heavy atom. The molecule has 34 heavy (non-hydrogen) atoms. The van der Waals surface area contributed by atoms with E-state index in [0.29, 0.717) is 12.6 Å². The summed E-state index contributed by atoms with van der Waals surface area (Å²) in [7, 11) is -2.07. The van der Waals surface area contributed by atoms with Gasteiger partial charge in [-0.3, -0.25) is 9.38 Å². The summed E-state index contributed by atoms with van der Waals surface area (Å²) in [4.78, 5) is 6.41. The Morgan fingerprint density at radius 3 is 2.65 bits per heavy atom. The summed E-state index contributed by atoms with van der Waals surface area (Å²) < 4.78 is 44.0. The normalized spacial score (nSPS) is 26.3. The number of sulfonamides is 1. The fourth-order valence-electron chi connectivity index (χ4n) is 5.12. The number of likely N-dealkylation sites (N-methyl/N-ethyl adjacent to an activating group) is 1. The molecule has 5 rings (SSSR count). The number of primary sulfonamides is 1. The molecule has 9 heteroatoms. The molecule has 180 valence electrons. The lowest BCUT2D eigenvalue weighted by Crippen LogP contribution is -2.47. The molecule has 1 aliphatic carbocycles. The third-order valence-electron chi connectivity index (χ3n) is 7.12. The Hall–Kier alpha value is -2.59. The van der Waals surface area contributed by atoms with E-state index in [9.17, 15) is 12.8 Å². The molecule has 0 bridgehead atoms. The molecular formula is C25H30FN4O3S+. The van der Waals surface area contributed by atoms with Crippen LogP contribution in [0.25, 0.3) is 0 Å². The Kier molecular flexibility index (Phi) is 6.05. The molecule has 3 unspecified atom stereocenters. The van der Waals surface area contributed by atoms with E-state index in [0.717, 1.165) is 37.1 Å². The third kappa shape index (κ3) is 4.65. The van der Waals surface area contributed by atoms with Crippen LogP contribution in [0.3, 0.4) is 0 Å². The van der Waals surface area contributed by atoms with Gasteiger partial charge in [0.25, 0.3) is 10.0 Å². The topological polar surface area (TPSA) is 85.0 Å². The molecule has 0 spiro atoms. The number of benzene rings is 2. The Labute approximate surface area is 200 Å². The first-order valence-corrected chi connectivity index (χ1v) is 13.2. The minimum atomic E-state index is -3.86. The van der Waals surface area contributed by atoms with Crippen molar-refractivity contribution < 1.29 is 22.0 Å². The maximum atomic E-state index is 15.0. The molecule has 0 radical (unpaired) electrons. The Balaban J connectivity index is 1.33. The maximum absolute atomic E-state index is 15.0. The average Bonchev–Trinajstić information content (AvgIpc) is 3.29. The lowest BCUT2D eigenvalue weighted by Gasteiger charge is -2.39. The monoisotopic (exact) mass is 485 g/mol. The summed E-state index contributed by atoms with van der Waals surface area (Å²) in [6, 6.07) is 14.3. The molecule has 0 amide bonds. The largest absolute Gasteiger partial charge is 0.485 e. The van der Waals surface area contributed by atoms with E-state index in [1.807, 2.05) is 12.1 Å². The van der Waals surface area contributed by atoms with E-state index >= 15 is 0 Å². The molecule has 2 aromatic carbocycles. The fourth-order valence-corrected chi connectivity index (χ4v) is 5.70. The first-order valence-electron chi connectivity index (χ1n) is 11.6. The van der Waals surface area contributed by atoms with E-state index in [-0.39, 0.29) is 33.6 Å². The van der Waals surface area contributed by atoms with Crippen LogP contribution in [0.4, 0.5) is 4.39 Å². The van der Waals surface area contributed by atoms with Crippen LogP contribution in [0, 0.1) is 5.82 Å². The number of hydrogen-bond donors (Lipinski definition) is 1. The second-order valence-electron chi connectivity index (χ2n) is 9.61. The Morgan fingerprint density at radius 2 is 2.00 bits per heavy atom. The average molecular weight is 486 g/mol. The van der Waals surface area contributed by atoms with Crippen LogP contribution >= 0.6 is 0 Å². The van der Waals surface area contributed by atoms with Gasteiger partial charge in [-0.2, -0.15) is 4.99 Å². The summed E-state index contributed by atoms with van der Waals surface area (Å²) in [6.45, 7) is 2.79. The molecular weight excluding hydrogens is 455 g/mol. The second kappa shape index (κ2) is 8.88. The molecule has 3 atom stereocenters. The second-order valence-corrected chi connectivity index (χ2v) is 11.1. The summed E-state index contributed by atoms with van der Waals surface area (Å²) in [5, 5.41) is 5.00. The van der Waals surface area contributed by atoms with Crippen molar-refractivity contribution in [2.45, 2.75) is 31.2 Å². The first-order chi connectivity index (χ1) is 16.2. The van der Waals surface area contributed by atoms with Gasteiger partial charge in [-0.1, -0.05) is 30.3 Å². The van der Waals surface area contributed by atoms with Gasteiger partial charge in [0.15, 0.2) is 17.9 Å². The van der Waals surface area contributed by atoms with Gasteiger partial charge in [0.2, 0.25) is 5.03 Å². The van der Waals surface area contributed by atoms with E-state index < -0.39 is 10.0 Å². The number of likely N-dealkylation sites (tertiary alicyclic amines) is 1. The van der Waals surface area contributed by atoms with Crippen LogP contribution in [0.1, 0.15) is 29.0 Å². The van der Waals surface area contributed by atoms with Crippen molar-refractivity contribution >= 4 is 16.4 Å². The minimum Gasteiger partial charge on any atom is -0.485 e. The number of hydrogen-bond acceptors (Lipinski definition) is 5. The molecule has 3 aliphatic rings. The molecule has 1 fully saturated rings. The molecule has 2 aromatic rings. The van der Waals surface area contributed by atoms with E-state index in [1.54, 1.807) is 13.1 Å². The van der Waals surface area contributed by atoms with Gasteiger partial charge in [0.1, 0.15) is 19.4 Å². The number of nitrogens with two attached hydrogens (primary N) is 1. The maximum Gasteiger partial charge on any atom is 0.261 e. The number of fused-ring (bicyclic) bond motifs is 1. The van der Waals surface area contributed by atoms with Crippen molar-refractivity contribution in [1.29, 1.82) is 0 Å². The number of nitrogens with zero attached hydrogens (tertiary/aromatic N) is 3. The molecule has 0 aromatic heterocycles. The predicted molar refractivity (Wildman–Crippen MR) is 129 cm³/mol. The van der Waals surface area contributed by atoms with Crippen LogP contribution in [0.2, 0.25) is 0 Å². The lowest BCUT2D eigenvalue weighted by atomic mass is 9.89. The van der Waals surface area contributed by atoms with Gasteiger partial charge >= 0.3 is 0 Å². The lowest BCUT2D eigenvalue weighted by molar-refractivity contribution is -0.756. The smallest absolute Gasteiger partial charge is 0.261 e. The van der Waals surface area contributed by atoms with Gasteiger partial charge in [-0.05, 0) is 61.2 Å². The van der Waals surface area contributed by atoms with Crippen molar-refractivity contribution in [3.63, 3.8) is 0 Å². The van der Waals surface area contributed by atoms with E-state index in [4.69, 9.17) is 9.88 Å². The van der Waals surface area contributed by atoms with Crippen LogP contribution in [0.15, 0.2) is 58.7 Å². The predicted octanol–water partition coefficient (Wildman–Crippen LogP) is 2.74. The van der Waals surface area contributed by atoms with E-state index in [2.05, 4.69) is 34.2 Å². The summed E-state index contributed by atoms with van der Waals surface area (Å²) in [5.41, 5.74) is 3.51. The number of aliphatic imine (C=N–C) groups is 1. The molecule has 7 nitrogen and oxygen atoms in total. The summed E-state index contributed by atoms with van der Waals surface area (Å²) in [5.74, 6) is 0.163. The van der Waals surface area contributed by atoms with Crippen molar-refractivity contribution in [3.05, 3.63) is 76.2 Å². The van der Waals surface area contributed by atoms with Crippen molar-refractivity contribution in [2.75, 3.05) is 33.3 Å². The fraction of sp³-hybridized carbons (Fsp3) is 0.400. The number of halogens is 1. The van der Waals surface area contributed by atoms with Crippen LogP contribution in [-0.4, -0.2) is 63.5 Å². The van der Waals surface area contributed by atoms with Gasteiger partial charge in [-0.15, -0.1) is 0 Å². The highest BCUT2D eigenvalue weighted by atomic mass is 32.2. The first kappa shape index (κ1) is 23.2. The number of ether oxygens (including phenoxy) is 1. The SMILES string of the molecule is C[N+]1(CCOc2cc3c(cc2F)CC(N2CCC2)C3Cc2ccccc2)C=NC(S(N)(=O)=O)=C1. The minimum absolute atomic E-state index is 0.117. The molecule has 2 heterocycles. The number of rotatable bonds is 8. The summed E-state index contributed by atoms with van der Waals surface area (Å²) in [6.07, 6.45) is 5.94. The van der Waals surface area contributed by atoms with Crippen molar-refractivity contribution in [2.24, 2.45) is 10.1 Å². The van der Waals surface area contributed by atoms with Crippen LogP contribution in [0.5, 0.6) is 5.75 Å². The van der Waals surface area contributed by atoms with Gasteiger partial charge in [-0.25, -0.2) is 17.9 Å². The molecule has 2 aliphatic heterocycles. The summed E-state index contributed by atoms with van der Waals surface area (Å²) >= 11 is 0. The van der Waals surface area contributed by atoms with Gasteiger partial charge < -0.3 is 4.74 Å². The number of quaternary nitrogens is 1. The van der Waals surface area contributed by atoms with Crippen LogP contribution in [-0.2, 0) is 22.9 Å². The Bertz CT molecular complexity index is 1240. The third-order valence-corrected chi connectivity index (χ3v) is 7.91. The van der Waals surface area contributed by atoms with Crippen LogP contribution < -0.4 is 9.88 Å². The zero-order chi connectivity index (χ0) is 23.9. The highest BCUT2D eigenvalue weighted by molar-refractivity contribution is 7.93. The van der Waals surface area contributed by atoms with Gasteiger partial charge in [0, 0.05) is 12.0 Å². The standard InChI is InChI=1S/C25H30FN4O3S/c1-30(16-25(28-17-30)34(27,31)32)10-11-33-24-15-20-19(13-22(24)26)14-23(29-8-5-9-29)21(20)12-18-6-3-2-4-7-18/h2-4,6-7,13,15-17,21,23H,5,8-12,14H2,1H3,(H2,27,31,32)/q+1. The molecule has 2 N–H and O–H groups in total. The molecule has 0 saturated carbocycles. The quantitative estimate of drug-likeness (QED) is 0.583. The highest BCUT2D eigenvalue weighted by Gasteiger charge is 2.39. The van der Waals surface area contributed by atoms with Crippen molar-refractivity contribution in [3.8, 4) is 5.75 Å². The van der Waals surface area contributed by atoms with Gasteiger partial charge in [0.05, 0.1) is 7.05 Å². The zero-order valence-electron chi connectivity index (χ0n) is 19.2. The highest BCUT2D eigenvalue weighted by Crippen LogP contribution is 2.42.